The Kier molecular flexibility index (Phi) is 13.0. The number of hydrogen-bond donors (Lipinski definition) is 3. The van der Waals surface area contributed by atoms with Crippen LogP contribution < -0.4 is 5.32 Å². The Hall–Kier alpha value is -3.95. The topological polar surface area (TPSA) is 105 Å². The summed E-state index contributed by atoms with van der Waals surface area (Å²) in [6, 6.07) is 34.6. The molecule has 3 unspecified atom stereocenters. The Balaban J connectivity index is 1.23. The van der Waals surface area contributed by atoms with Crippen LogP contribution >= 0.6 is 11.8 Å². The molecular weight excluding hydrogens is 610 g/mol. The summed E-state index contributed by atoms with van der Waals surface area (Å²) in [6.07, 6.45) is 3.73. The first kappa shape index (κ1) is 34.4. The molecule has 7 nitrogen and oxygen atoms in total. The molecule has 0 aromatic heterocycles. The van der Waals surface area contributed by atoms with Crippen LogP contribution in [0.4, 0.5) is 0 Å². The van der Waals surface area contributed by atoms with Crippen molar-refractivity contribution in [2.24, 2.45) is 0 Å². The molecule has 4 aromatic carbocycles. The third kappa shape index (κ3) is 10.5. The van der Waals surface area contributed by atoms with Crippen LogP contribution in [0.1, 0.15) is 79.6 Å². The molecule has 1 fully saturated rings. The minimum absolute atomic E-state index is 0.000480. The quantitative estimate of drug-likeness (QED) is 0.0827. The van der Waals surface area contributed by atoms with E-state index in [1.807, 2.05) is 60.7 Å². The fourth-order valence-electron chi connectivity index (χ4n) is 5.70. The highest BCUT2D eigenvalue weighted by molar-refractivity contribution is 7.99. The SMILES string of the molecule is O=C(O)CCCCCCC(=O)NCc1ccccc1-c1ccc(C2OC(CSc3ccccc3)CC(c3ccc(CO)cc3)O2)cc1. The minimum atomic E-state index is -0.774. The van der Waals surface area contributed by atoms with E-state index in [1.54, 1.807) is 11.8 Å². The number of carboxylic acids is 1. The summed E-state index contributed by atoms with van der Waals surface area (Å²) >= 11 is 1.78. The summed E-state index contributed by atoms with van der Waals surface area (Å²) in [5.74, 6) is 0.0292. The molecule has 4 aromatic rings. The molecule has 3 atom stereocenters. The van der Waals surface area contributed by atoms with Crippen molar-refractivity contribution in [3.63, 3.8) is 0 Å². The van der Waals surface area contributed by atoms with E-state index in [-0.39, 0.29) is 31.1 Å². The van der Waals surface area contributed by atoms with Crippen LogP contribution in [-0.2, 0) is 32.2 Å². The predicted molar refractivity (Wildman–Crippen MR) is 185 cm³/mol. The average Bonchev–Trinajstić information content (AvgIpc) is 3.11. The summed E-state index contributed by atoms with van der Waals surface area (Å²) in [4.78, 5) is 24.3. The van der Waals surface area contributed by atoms with E-state index < -0.39 is 12.3 Å². The van der Waals surface area contributed by atoms with Gasteiger partial charge in [-0.05, 0) is 52.8 Å². The Morgan fingerprint density at radius 1 is 0.766 bits per heavy atom. The summed E-state index contributed by atoms with van der Waals surface area (Å²) < 4.78 is 13.1. The minimum Gasteiger partial charge on any atom is -0.481 e. The van der Waals surface area contributed by atoms with E-state index in [2.05, 4.69) is 47.8 Å². The van der Waals surface area contributed by atoms with Crippen molar-refractivity contribution in [2.45, 2.75) is 81.5 Å². The molecule has 0 saturated carbocycles. The van der Waals surface area contributed by atoms with Gasteiger partial charge in [-0.1, -0.05) is 104 Å². The molecule has 47 heavy (non-hydrogen) atoms. The van der Waals surface area contributed by atoms with Gasteiger partial charge in [0.25, 0.3) is 0 Å². The number of thioether (sulfide) groups is 1. The second-order valence-electron chi connectivity index (χ2n) is 11.8. The van der Waals surface area contributed by atoms with Gasteiger partial charge >= 0.3 is 5.97 Å². The van der Waals surface area contributed by atoms with Crippen molar-refractivity contribution >= 4 is 23.6 Å². The van der Waals surface area contributed by atoms with Gasteiger partial charge in [0.15, 0.2) is 6.29 Å². The molecule has 246 valence electrons. The zero-order valence-electron chi connectivity index (χ0n) is 26.6. The fourth-order valence-corrected chi connectivity index (χ4v) is 6.64. The number of aliphatic hydroxyl groups is 1. The van der Waals surface area contributed by atoms with Crippen molar-refractivity contribution < 1.29 is 29.3 Å². The summed E-state index contributed by atoms with van der Waals surface area (Å²) in [7, 11) is 0. The number of aliphatic carboxylic acids is 1. The maximum Gasteiger partial charge on any atom is 0.303 e. The number of rotatable bonds is 16. The zero-order valence-corrected chi connectivity index (χ0v) is 27.4. The summed E-state index contributed by atoms with van der Waals surface area (Å²) in [5.41, 5.74) is 6.00. The third-order valence-electron chi connectivity index (χ3n) is 8.33. The monoisotopic (exact) mass is 653 g/mol. The van der Waals surface area contributed by atoms with Crippen LogP contribution in [-0.4, -0.2) is 33.9 Å². The van der Waals surface area contributed by atoms with Gasteiger partial charge in [-0.2, -0.15) is 0 Å². The lowest BCUT2D eigenvalue weighted by molar-refractivity contribution is -0.245. The average molecular weight is 654 g/mol. The summed E-state index contributed by atoms with van der Waals surface area (Å²) in [6.45, 7) is 0.440. The number of unbranched alkanes of at least 4 members (excludes halogenated alkanes) is 3. The van der Waals surface area contributed by atoms with Crippen molar-refractivity contribution in [1.29, 1.82) is 0 Å². The number of amides is 1. The predicted octanol–water partition coefficient (Wildman–Crippen LogP) is 8.23. The van der Waals surface area contributed by atoms with Crippen molar-refractivity contribution in [3.05, 3.63) is 125 Å². The number of nitrogens with one attached hydrogen (secondary N) is 1. The Labute approximate surface area is 281 Å². The van der Waals surface area contributed by atoms with Crippen molar-refractivity contribution in [1.82, 2.24) is 5.32 Å². The van der Waals surface area contributed by atoms with Crippen LogP contribution in [0.3, 0.4) is 0 Å². The van der Waals surface area contributed by atoms with Crippen LogP contribution in [0, 0.1) is 0 Å². The van der Waals surface area contributed by atoms with Crippen LogP contribution in [0.5, 0.6) is 0 Å². The molecule has 3 N–H and O–H groups in total. The molecular formula is C39H43NO6S. The number of carbonyl (C=O) groups is 2. The van der Waals surface area contributed by atoms with E-state index in [4.69, 9.17) is 14.6 Å². The van der Waals surface area contributed by atoms with E-state index in [0.29, 0.717) is 19.4 Å². The van der Waals surface area contributed by atoms with Crippen molar-refractivity contribution in [3.8, 4) is 11.1 Å². The van der Waals surface area contributed by atoms with E-state index >= 15 is 0 Å². The van der Waals surface area contributed by atoms with Crippen LogP contribution in [0.25, 0.3) is 11.1 Å². The fraction of sp³-hybridized carbons (Fsp3) is 0.333. The lowest BCUT2D eigenvalue weighted by atomic mass is 9.97. The summed E-state index contributed by atoms with van der Waals surface area (Å²) in [5, 5.41) is 21.3. The van der Waals surface area contributed by atoms with Crippen LogP contribution in [0.2, 0.25) is 0 Å². The highest BCUT2D eigenvalue weighted by atomic mass is 32.2. The third-order valence-corrected chi connectivity index (χ3v) is 9.47. The van der Waals surface area contributed by atoms with Gasteiger partial charge < -0.3 is 25.0 Å². The van der Waals surface area contributed by atoms with Gasteiger partial charge in [-0.15, -0.1) is 11.8 Å². The lowest BCUT2D eigenvalue weighted by Gasteiger charge is -2.36. The molecule has 0 bridgehead atoms. The standard InChI is InChI=1S/C39H43NO6S/c41-26-28-16-18-30(19-17-28)36-24-33(27-47-34-11-4-3-5-12-34)45-39(46-36)31-22-20-29(21-23-31)35-13-9-8-10-32(35)25-40-37(42)14-6-1-2-7-15-38(43)44/h3-5,8-13,16-23,33,36,39,41H,1-2,6-7,14-15,24-27H2,(H,40,42)(H,43,44). The Bertz CT molecular complexity index is 1560. The number of aliphatic hydroxyl groups excluding tert-OH is 1. The van der Waals surface area contributed by atoms with E-state index in [0.717, 1.165) is 64.8 Å². The largest absolute Gasteiger partial charge is 0.481 e. The van der Waals surface area contributed by atoms with E-state index in [9.17, 15) is 14.7 Å². The van der Waals surface area contributed by atoms with Gasteiger partial charge in [-0.3, -0.25) is 9.59 Å². The van der Waals surface area contributed by atoms with Crippen molar-refractivity contribution in [2.75, 3.05) is 5.75 Å². The van der Waals surface area contributed by atoms with Crippen LogP contribution in [0.15, 0.2) is 108 Å². The molecule has 0 spiro atoms. The lowest BCUT2D eigenvalue weighted by Crippen LogP contribution is -2.31. The normalized spacial score (nSPS) is 17.7. The molecule has 1 amide bonds. The van der Waals surface area contributed by atoms with Gasteiger partial charge in [0.2, 0.25) is 5.91 Å². The number of carboxylic acid groups (broad SMARTS) is 1. The van der Waals surface area contributed by atoms with E-state index in [1.165, 1.54) is 4.90 Å². The van der Waals surface area contributed by atoms with Gasteiger partial charge in [0.1, 0.15) is 0 Å². The molecule has 1 aliphatic rings. The molecule has 1 heterocycles. The maximum absolute atomic E-state index is 12.5. The van der Waals surface area contributed by atoms with Gasteiger partial charge in [0, 0.05) is 42.0 Å². The first-order valence-electron chi connectivity index (χ1n) is 16.3. The molecule has 1 saturated heterocycles. The number of benzene rings is 4. The Morgan fingerprint density at radius 3 is 2.17 bits per heavy atom. The smallest absolute Gasteiger partial charge is 0.303 e. The number of hydrogen-bond acceptors (Lipinski definition) is 6. The molecule has 1 aliphatic heterocycles. The second-order valence-corrected chi connectivity index (χ2v) is 12.9. The highest BCUT2D eigenvalue weighted by Gasteiger charge is 2.32. The molecule has 0 radical (unpaired) electrons. The molecule has 5 rings (SSSR count). The molecule has 8 heteroatoms. The molecule has 0 aliphatic carbocycles. The first-order valence-corrected chi connectivity index (χ1v) is 17.3. The maximum atomic E-state index is 12.5. The second kappa shape index (κ2) is 17.8. The van der Waals surface area contributed by atoms with Gasteiger partial charge in [0.05, 0.1) is 18.8 Å². The Morgan fingerprint density at radius 2 is 1.45 bits per heavy atom. The first-order chi connectivity index (χ1) is 23.0. The number of carbonyl (C=O) groups excluding carboxylic acids is 1. The number of ether oxygens (including phenoxy) is 2. The highest BCUT2D eigenvalue weighted by Crippen LogP contribution is 2.40. The zero-order chi connectivity index (χ0) is 32.8. The van der Waals surface area contributed by atoms with Gasteiger partial charge in [-0.25, -0.2) is 0 Å².